The smallest absolute Gasteiger partial charge is 0.0635 e. The number of hydrogen-bond acceptors (Lipinski definition) is 3. The van der Waals surface area contributed by atoms with Crippen LogP contribution in [0.2, 0.25) is 0 Å². The first-order chi connectivity index (χ1) is 5.93. The normalized spacial score (nSPS) is 18.9. The van der Waals surface area contributed by atoms with Crippen LogP contribution >= 0.6 is 11.8 Å². The number of nitrogens with zero attached hydrogens (tertiary/aromatic N) is 1. The second kappa shape index (κ2) is 6.33. The Morgan fingerprint density at radius 2 is 2.17 bits per heavy atom. The molecule has 0 aliphatic carbocycles. The van der Waals surface area contributed by atoms with Gasteiger partial charge in [0.05, 0.1) is 6.07 Å². The van der Waals surface area contributed by atoms with Gasteiger partial charge in [-0.3, -0.25) is 0 Å². The van der Waals surface area contributed by atoms with Gasteiger partial charge in [0, 0.05) is 13.0 Å². The molecule has 1 aliphatic heterocycles. The van der Waals surface area contributed by atoms with Gasteiger partial charge in [0.25, 0.3) is 0 Å². The fourth-order valence-electron chi connectivity index (χ4n) is 1.40. The van der Waals surface area contributed by atoms with Crippen molar-refractivity contribution >= 4 is 11.8 Å². The number of nitriles is 1. The zero-order valence-electron chi connectivity index (χ0n) is 7.38. The number of thioether (sulfide) groups is 1. The zero-order chi connectivity index (χ0) is 8.65. The predicted molar refractivity (Wildman–Crippen MR) is 53.1 cm³/mol. The highest BCUT2D eigenvalue weighted by Gasteiger charge is 2.12. The van der Waals surface area contributed by atoms with E-state index in [1.807, 2.05) is 0 Å². The standard InChI is InChI=1S/C9H16N2S/c10-4-1-5-11-8-9-2-6-12-7-3-9/h9,11H,1-3,5-8H2. The third kappa shape index (κ3) is 3.99. The monoisotopic (exact) mass is 184 g/mol. The SMILES string of the molecule is N#CCCNCC1CCSCC1. The van der Waals surface area contributed by atoms with Crippen molar-refractivity contribution in [3.8, 4) is 6.07 Å². The third-order valence-corrected chi connectivity index (χ3v) is 3.24. The van der Waals surface area contributed by atoms with Gasteiger partial charge in [-0.1, -0.05) is 0 Å². The molecule has 68 valence electrons. The molecule has 0 atom stereocenters. The lowest BCUT2D eigenvalue weighted by Gasteiger charge is -2.21. The molecule has 12 heavy (non-hydrogen) atoms. The van der Waals surface area contributed by atoms with E-state index >= 15 is 0 Å². The summed E-state index contributed by atoms with van der Waals surface area (Å²) in [5.74, 6) is 3.51. The van der Waals surface area contributed by atoms with Crippen LogP contribution in [0.15, 0.2) is 0 Å². The molecule has 0 spiro atoms. The second-order valence-corrected chi connectivity index (χ2v) is 4.39. The van der Waals surface area contributed by atoms with Crippen LogP contribution in [-0.4, -0.2) is 24.6 Å². The minimum atomic E-state index is 0.640. The van der Waals surface area contributed by atoms with E-state index in [1.165, 1.54) is 24.3 Å². The molecule has 2 nitrogen and oxygen atoms in total. The molecule has 1 fully saturated rings. The summed E-state index contributed by atoms with van der Waals surface area (Å²) in [6.07, 6.45) is 3.34. The van der Waals surface area contributed by atoms with E-state index in [-0.39, 0.29) is 0 Å². The summed E-state index contributed by atoms with van der Waals surface area (Å²) in [6, 6.07) is 2.14. The van der Waals surface area contributed by atoms with Crippen LogP contribution in [0, 0.1) is 17.2 Å². The van der Waals surface area contributed by atoms with E-state index < -0.39 is 0 Å². The minimum absolute atomic E-state index is 0.640. The number of nitrogens with one attached hydrogen (secondary N) is 1. The van der Waals surface area contributed by atoms with Crippen LogP contribution in [0.5, 0.6) is 0 Å². The van der Waals surface area contributed by atoms with Gasteiger partial charge in [-0.25, -0.2) is 0 Å². The Kier molecular flexibility index (Phi) is 5.21. The molecule has 0 aromatic heterocycles. The topological polar surface area (TPSA) is 35.8 Å². The van der Waals surface area contributed by atoms with Crippen LogP contribution in [0.1, 0.15) is 19.3 Å². The zero-order valence-corrected chi connectivity index (χ0v) is 8.20. The predicted octanol–water partition coefficient (Wildman–Crippen LogP) is 1.63. The molecule has 1 saturated heterocycles. The van der Waals surface area contributed by atoms with Crippen LogP contribution in [0.3, 0.4) is 0 Å². The summed E-state index contributed by atoms with van der Waals surface area (Å²) in [5, 5.41) is 11.6. The lowest BCUT2D eigenvalue weighted by Crippen LogP contribution is -2.26. The van der Waals surface area contributed by atoms with Crippen LogP contribution in [0.25, 0.3) is 0 Å². The van der Waals surface area contributed by atoms with E-state index in [0.29, 0.717) is 6.42 Å². The molecule has 1 aliphatic rings. The van der Waals surface area contributed by atoms with Gasteiger partial charge in [-0.15, -0.1) is 0 Å². The maximum Gasteiger partial charge on any atom is 0.0635 e. The molecule has 3 heteroatoms. The van der Waals surface area contributed by atoms with Gasteiger partial charge in [0.2, 0.25) is 0 Å². The average Bonchev–Trinajstić information content (AvgIpc) is 2.14. The average molecular weight is 184 g/mol. The fraction of sp³-hybridized carbons (Fsp3) is 0.889. The van der Waals surface area contributed by atoms with Crippen molar-refractivity contribution in [2.24, 2.45) is 5.92 Å². The van der Waals surface area contributed by atoms with E-state index in [4.69, 9.17) is 5.26 Å². The van der Waals surface area contributed by atoms with Crippen molar-refractivity contribution in [3.63, 3.8) is 0 Å². The molecule has 1 heterocycles. The van der Waals surface area contributed by atoms with E-state index in [2.05, 4.69) is 23.1 Å². The molecule has 0 amide bonds. The summed E-state index contributed by atoms with van der Waals surface area (Å²) in [5.41, 5.74) is 0. The summed E-state index contributed by atoms with van der Waals surface area (Å²) in [7, 11) is 0. The van der Waals surface area contributed by atoms with Crippen molar-refractivity contribution < 1.29 is 0 Å². The first-order valence-corrected chi connectivity index (χ1v) is 5.74. The number of hydrogen-bond donors (Lipinski definition) is 1. The highest BCUT2D eigenvalue weighted by molar-refractivity contribution is 7.99. The highest BCUT2D eigenvalue weighted by Crippen LogP contribution is 2.21. The third-order valence-electron chi connectivity index (χ3n) is 2.19. The lowest BCUT2D eigenvalue weighted by molar-refractivity contribution is 0.451. The second-order valence-electron chi connectivity index (χ2n) is 3.17. The molecule has 0 radical (unpaired) electrons. The van der Waals surface area contributed by atoms with Crippen LogP contribution < -0.4 is 5.32 Å². The van der Waals surface area contributed by atoms with Gasteiger partial charge in [0.1, 0.15) is 0 Å². The number of rotatable bonds is 4. The minimum Gasteiger partial charge on any atom is -0.315 e. The molecule has 0 aromatic carbocycles. The van der Waals surface area contributed by atoms with Crippen LogP contribution in [-0.2, 0) is 0 Å². The molecule has 0 unspecified atom stereocenters. The molecule has 0 bridgehead atoms. The summed E-state index contributed by atoms with van der Waals surface area (Å²) >= 11 is 2.06. The maximum absolute atomic E-state index is 8.31. The molecule has 0 saturated carbocycles. The fourth-order valence-corrected chi connectivity index (χ4v) is 2.61. The van der Waals surface area contributed by atoms with Crippen LogP contribution in [0.4, 0.5) is 0 Å². The van der Waals surface area contributed by atoms with Gasteiger partial charge < -0.3 is 5.32 Å². The molecule has 1 rings (SSSR count). The Hall–Kier alpha value is -0.200. The van der Waals surface area contributed by atoms with Crippen molar-refractivity contribution in [2.75, 3.05) is 24.6 Å². The van der Waals surface area contributed by atoms with Gasteiger partial charge in [-0.05, 0) is 36.8 Å². The Morgan fingerprint density at radius 1 is 1.42 bits per heavy atom. The molecule has 1 N–H and O–H groups in total. The summed E-state index contributed by atoms with van der Waals surface area (Å²) < 4.78 is 0. The first-order valence-electron chi connectivity index (χ1n) is 4.59. The summed E-state index contributed by atoms with van der Waals surface area (Å²) in [4.78, 5) is 0. The van der Waals surface area contributed by atoms with Crippen molar-refractivity contribution in [1.82, 2.24) is 5.32 Å². The quantitative estimate of drug-likeness (QED) is 0.675. The van der Waals surface area contributed by atoms with Gasteiger partial charge in [-0.2, -0.15) is 17.0 Å². The lowest BCUT2D eigenvalue weighted by atomic mass is 10.0. The van der Waals surface area contributed by atoms with Gasteiger partial charge >= 0.3 is 0 Å². The Bertz CT molecular complexity index is 147. The van der Waals surface area contributed by atoms with E-state index in [1.54, 1.807) is 0 Å². The molecule has 0 aromatic rings. The van der Waals surface area contributed by atoms with Crippen molar-refractivity contribution in [2.45, 2.75) is 19.3 Å². The van der Waals surface area contributed by atoms with Crippen molar-refractivity contribution in [1.29, 1.82) is 5.26 Å². The van der Waals surface area contributed by atoms with Crippen molar-refractivity contribution in [3.05, 3.63) is 0 Å². The summed E-state index contributed by atoms with van der Waals surface area (Å²) in [6.45, 7) is 1.97. The molecular weight excluding hydrogens is 168 g/mol. The van der Waals surface area contributed by atoms with E-state index in [0.717, 1.165) is 19.0 Å². The molecular formula is C9H16N2S. The first kappa shape index (κ1) is 9.88. The Balaban J connectivity index is 1.95. The Morgan fingerprint density at radius 3 is 2.83 bits per heavy atom. The van der Waals surface area contributed by atoms with E-state index in [9.17, 15) is 0 Å². The van der Waals surface area contributed by atoms with Gasteiger partial charge in [0.15, 0.2) is 0 Å². The maximum atomic E-state index is 8.31. The Labute approximate surface area is 78.7 Å². The highest BCUT2D eigenvalue weighted by atomic mass is 32.2. The largest absolute Gasteiger partial charge is 0.315 e.